The Hall–Kier alpha value is -4.83. The van der Waals surface area contributed by atoms with E-state index in [0.717, 1.165) is 22.3 Å². The van der Waals surface area contributed by atoms with E-state index in [2.05, 4.69) is 0 Å². The molecule has 1 N–H and O–H groups in total. The molecule has 12 heteroatoms. The van der Waals surface area contributed by atoms with Crippen LogP contribution in [0.2, 0.25) is 0 Å². The molecule has 2 aliphatic rings. The first-order valence-corrected chi connectivity index (χ1v) is 20.5. The first-order valence-electron chi connectivity index (χ1n) is 20.5. The number of methoxy groups -OCH3 is 2. The molecule has 322 valence electrons. The fourth-order valence-electron chi connectivity index (χ4n) is 7.54. The van der Waals surface area contributed by atoms with Crippen molar-refractivity contribution in [3.63, 3.8) is 0 Å². The number of hydrogen-bond acceptors (Lipinski definition) is 12. The summed E-state index contributed by atoms with van der Waals surface area (Å²) in [6.45, 7) is 0.934. The van der Waals surface area contributed by atoms with Crippen LogP contribution < -0.4 is 0 Å². The van der Waals surface area contributed by atoms with Crippen molar-refractivity contribution in [3.05, 3.63) is 179 Å². The third-order valence-corrected chi connectivity index (χ3v) is 10.6. The standard InChI is InChI=1S/C49H54O12/c1-52-43-42(39(32-54-28-34-18-8-3-9-19-34)58-48(51)45(43)56-30-36-22-12-5-13-23-36)61-49-46(57-31-37-24-14-6-15-25-37)44(53-2)41(60-47(50)38-26-16-7-17-27-38)40(59-49)33-55-29-35-20-10-4-11-21-35/h3-27,39-46,48-49,51H,28-33H2,1-2H3/t39-,40-,41-,42-,43+,44+,45+,46+,48+,49+/m1/s1. The predicted molar refractivity (Wildman–Crippen MR) is 224 cm³/mol. The molecule has 2 heterocycles. The van der Waals surface area contributed by atoms with E-state index >= 15 is 0 Å². The first kappa shape index (κ1) is 44.2. The summed E-state index contributed by atoms with van der Waals surface area (Å²) >= 11 is 0. The number of ether oxygens (including phenoxy) is 10. The minimum Gasteiger partial charge on any atom is -0.453 e. The second kappa shape index (κ2) is 22.9. The molecule has 0 unspecified atom stereocenters. The molecule has 7 rings (SSSR count). The lowest BCUT2D eigenvalue weighted by Gasteiger charge is -2.49. The third kappa shape index (κ3) is 12.2. The molecule has 2 saturated heterocycles. The highest BCUT2D eigenvalue weighted by Crippen LogP contribution is 2.35. The number of benzene rings is 5. The number of aliphatic hydroxyl groups excluding tert-OH is 1. The molecule has 2 fully saturated rings. The molecule has 0 spiro atoms. The first-order chi connectivity index (χ1) is 30.0. The van der Waals surface area contributed by atoms with Gasteiger partial charge in [0.15, 0.2) is 18.7 Å². The van der Waals surface area contributed by atoms with Gasteiger partial charge < -0.3 is 52.5 Å². The van der Waals surface area contributed by atoms with Crippen molar-refractivity contribution >= 4 is 5.97 Å². The summed E-state index contributed by atoms with van der Waals surface area (Å²) in [6, 6.07) is 47.5. The van der Waals surface area contributed by atoms with Crippen LogP contribution in [0.15, 0.2) is 152 Å². The maximum Gasteiger partial charge on any atom is 0.338 e. The maximum absolute atomic E-state index is 13.7. The van der Waals surface area contributed by atoms with Crippen LogP contribution in [0.5, 0.6) is 0 Å². The van der Waals surface area contributed by atoms with Gasteiger partial charge in [0.25, 0.3) is 0 Å². The molecule has 0 bridgehead atoms. The summed E-state index contributed by atoms with van der Waals surface area (Å²) in [7, 11) is 3.06. The summed E-state index contributed by atoms with van der Waals surface area (Å²) < 4.78 is 64.1. The zero-order valence-electron chi connectivity index (χ0n) is 34.4. The van der Waals surface area contributed by atoms with Gasteiger partial charge in [-0.3, -0.25) is 0 Å². The molecular weight excluding hydrogens is 781 g/mol. The van der Waals surface area contributed by atoms with E-state index in [0.29, 0.717) is 12.2 Å². The maximum atomic E-state index is 13.7. The van der Waals surface area contributed by atoms with E-state index in [1.807, 2.05) is 127 Å². The van der Waals surface area contributed by atoms with Gasteiger partial charge in [0.2, 0.25) is 0 Å². The van der Waals surface area contributed by atoms with Crippen molar-refractivity contribution in [2.45, 2.75) is 87.8 Å². The van der Waals surface area contributed by atoms with Gasteiger partial charge >= 0.3 is 5.97 Å². The van der Waals surface area contributed by atoms with Gasteiger partial charge in [-0.15, -0.1) is 0 Å². The fourth-order valence-corrected chi connectivity index (χ4v) is 7.54. The SMILES string of the molecule is CO[C@@H]1[C@H](OCc2ccccc2)[C@H](O[C@H]2[C@H](OC)[C@H](OCc3ccccc3)[C@@H](O)O[C@@H]2COCc2ccccc2)O[C@H](COCc2ccccc2)[C@H]1OC(=O)c1ccccc1. The summed E-state index contributed by atoms with van der Waals surface area (Å²) in [4.78, 5) is 13.7. The average Bonchev–Trinajstić information content (AvgIpc) is 3.31. The van der Waals surface area contributed by atoms with Crippen LogP contribution in [0.4, 0.5) is 0 Å². The summed E-state index contributed by atoms with van der Waals surface area (Å²) in [5.41, 5.74) is 4.07. The lowest BCUT2D eigenvalue weighted by atomic mass is 9.96. The van der Waals surface area contributed by atoms with Crippen LogP contribution in [0.3, 0.4) is 0 Å². The third-order valence-electron chi connectivity index (χ3n) is 10.6. The van der Waals surface area contributed by atoms with Crippen molar-refractivity contribution in [3.8, 4) is 0 Å². The Bertz CT molecular complexity index is 1990. The molecule has 0 aliphatic carbocycles. The highest BCUT2D eigenvalue weighted by molar-refractivity contribution is 5.89. The summed E-state index contributed by atoms with van der Waals surface area (Å²) in [5.74, 6) is -0.561. The number of aliphatic hydroxyl groups is 1. The molecule has 0 amide bonds. The van der Waals surface area contributed by atoms with Crippen molar-refractivity contribution in [2.24, 2.45) is 0 Å². The normalized spacial score (nSPS) is 26.4. The second-order valence-electron chi connectivity index (χ2n) is 14.9. The summed E-state index contributed by atoms with van der Waals surface area (Å²) in [5, 5.41) is 11.5. The Morgan fingerprint density at radius 2 is 0.902 bits per heavy atom. The van der Waals surface area contributed by atoms with Gasteiger partial charge in [0.1, 0.15) is 42.7 Å². The number of hydrogen-bond donors (Lipinski definition) is 1. The van der Waals surface area contributed by atoms with E-state index in [1.165, 1.54) is 14.2 Å². The Kier molecular flexibility index (Phi) is 16.6. The molecule has 2 aliphatic heterocycles. The Morgan fingerprint density at radius 3 is 1.38 bits per heavy atom. The van der Waals surface area contributed by atoms with Crippen molar-refractivity contribution in [1.29, 1.82) is 0 Å². The van der Waals surface area contributed by atoms with Crippen molar-refractivity contribution in [2.75, 3.05) is 27.4 Å². The smallest absolute Gasteiger partial charge is 0.338 e. The van der Waals surface area contributed by atoms with Gasteiger partial charge in [0, 0.05) is 14.2 Å². The van der Waals surface area contributed by atoms with Crippen LogP contribution in [-0.2, 0) is 73.8 Å². The molecule has 5 aromatic carbocycles. The second-order valence-corrected chi connectivity index (χ2v) is 14.9. The molecule has 0 radical (unpaired) electrons. The van der Waals surface area contributed by atoms with Crippen LogP contribution >= 0.6 is 0 Å². The molecule has 10 atom stereocenters. The minimum atomic E-state index is -1.39. The number of carbonyl (C=O) groups excluding carboxylic acids is 1. The van der Waals surface area contributed by atoms with E-state index < -0.39 is 67.4 Å². The van der Waals surface area contributed by atoms with Crippen molar-refractivity contribution < 1.29 is 57.3 Å². The van der Waals surface area contributed by atoms with Gasteiger partial charge in [-0.2, -0.15) is 0 Å². The summed E-state index contributed by atoms with van der Waals surface area (Å²) in [6.07, 6.45) is -9.97. The zero-order chi connectivity index (χ0) is 42.2. The quantitative estimate of drug-likeness (QED) is 0.0841. The molecule has 0 aromatic heterocycles. The van der Waals surface area contributed by atoms with Crippen LogP contribution in [0.25, 0.3) is 0 Å². The van der Waals surface area contributed by atoms with Crippen molar-refractivity contribution in [1.82, 2.24) is 0 Å². The van der Waals surface area contributed by atoms with Gasteiger partial charge in [-0.05, 0) is 34.4 Å². The van der Waals surface area contributed by atoms with Gasteiger partial charge in [-0.1, -0.05) is 140 Å². The van der Waals surface area contributed by atoms with E-state index in [-0.39, 0.29) is 33.0 Å². The number of rotatable bonds is 20. The highest BCUT2D eigenvalue weighted by atomic mass is 16.8. The predicted octanol–water partition coefficient (Wildman–Crippen LogP) is 6.67. The Morgan fingerprint density at radius 1 is 0.492 bits per heavy atom. The van der Waals surface area contributed by atoms with E-state index in [4.69, 9.17) is 47.4 Å². The topological polar surface area (TPSA) is 130 Å². The van der Waals surface area contributed by atoms with Crippen LogP contribution in [0.1, 0.15) is 32.6 Å². The largest absolute Gasteiger partial charge is 0.453 e. The number of esters is 1. The molecule has 61 heavy (non-hydrogen) atoms. The van der Waals surface area contributed by atoms with Gasteiger partial charge in [-0.25, -0.2) is 4.79 Å². The zero-order valence-corrected chi connectivity index (χ0v) is 34.4. The Labute approximate surface area is 357 Å². The van der Waals surface area contributed by atoms with E-state index in [9.17, 15) is 9.90 Å². The number of carbonyl (C=O) groups is 1. The van der Waals surface area contributed by atoms with E-state index in [1.54, 1.807) is 24.3 Å². The lowest BCUT2D eigenvalue weighted by molar-refractivity contribution is -0.367. The lowest BCUT2D eigenvalue weighted by Crippen LogP contribution is -2.66. The Balaban J connectivity index is 1.20. The van der Waals surface area contributed by atoms with Gasteiger partial charge in [0.05, 0.1) is 45.2 Å². The molecular formula is C49H54O12. The monoisotopic (exact) mass is 834 g/mol. The molecule has 12 nitrogen and oxygen atoms in total. The molecule has 0 saturated carbocycles. The van der Waals surface area contributed by atoms with Crippen LogP contribution in [-0.4, -0.2) is 99.9 Å². The molecule has 5 aromatic rings. The minimum absolute atomic E-state index is 0.00672. The highest BCUT2D eigenvalue weighted by Gasteiger charge is 2.54. The van der Waals surface area contributed by atoms with Crippen LogP contribution in [0, 0.1) is 0 Å². The fraction of sp³-hybridized carbons (Fsp3) is 0.367. The average molecular weight is 835 g/mol.